The maximum Gasteiger partial charge on any atom is 0.416 e. The van der Waals surface area contributed by atoms with Gasteiger partial charge in [-0.05, 0) is 54.8 Å². The molecule has 176 valence electrons. The van der Waals surface area contributed by atoms with Crippen molar-refractivity contribution in [3.05, 3.63) is 77.1 Å². The van der Waals surface area contributed by atoms with E-state index in [1.54, 1.807) is 30.6 Å². The van der Waals surface area contributed by atoms with Crippen molar-refractivity contribution in [3.8, 4) is 11.1 Å². The molecular formula is C24H20F3N3O4. The van der Waals surface area contributed by atoms with E-state index in [1.807, 2.05) is 18.3 Å². The largest absolute Gasteiger partial charge is 0.465 e. The summed E-state index contributed by atoms with van der Waals surface area (Å²) < 4.78 is 39.9. The van der Waals surface area contributed by atoms with Crippen molar-refractivity contribution >= 4 is 29.2 Å². The number of nitrogens with zero attached hydrogens (tertiary/aromatic N) is 1. The second kappa shape index (κ2) is 9.74. The highest BCUT2D eigenvalue weighted by Gasteiger charge is 2.33. The highest BCUT2D eigenvalue weighted by atomic mass is 19.4. The SMILES string of the molecule is Cc1ccncc1-c1cccc(C(=O)CC(=O)Nc2cc(C(F)(F)F)c(C)cc2NC(=O)O)c1. The molecule has 0 fully saturated rings. The number of aromatic nitrogens is 1. The number of carbonyl (C=O) groups excluding carboxylic acids is 2. The first kappa shape index (κ1) is 24.4. The van der Waals surface area contributed by atoms with Crippen LogP contribution in [0, 0.1) is 13.8 Å². The summed E-state index contributed by atoms with van der Waals surface area (Å²) in [5.41, 5.74) is 0.793. The van der Waals surface area contributed by atoms with Crippen molar-refractivity contribution in [2.24, 2.45) is 0 Å². The van der Waals surface area contributed by atoms with Gasteiger partial charge in [0.1, 0.15) is 0 Å². The lowest BCUT2D eigenvalue weighted by Gasteiger charge is -2.17. The molecule has 3 N–H and O–H groups in total. The molecule has 0 saturated carbocycles. The standard InChI is InChI=1S/C24H20F3N3O4/c1-13-6-7-28-12-17(13)15-4-3-5-16(9-15)21(31)11-22(32)29-20-10-18(24(25,26)27)14(2)8-19(20)30-23(33)34/h3-10,12,30H,11H2,1-2H3,(H,29,32)(H,33,34). The van der Waals surface area contributed by atoms with Gasteiger partial charge in [0.15, 0.2) is 5.78 Å². The van der Waals surface area contributed by atoms with Gasteiger partial charge in [-0.15, -0.1) is 0 Å². The van der Waals surface area contributed by atoms with Gasteiger partial charge in [0, 0.05) is 23.5 Å². The first-order valence-corrected chi connectivity index (χ1v) is 10.0. The number of anilines is 2. The molecule has 3 aromatic rings. The molecule has 0 atom stereocenters. The summed E-state index contributed by atoms with van der Waals surface area (Å²) in [5, 5.41) is 13.1. The number of benzene rings is 2. The first-order valence-electron chi connectivity index (χ1n) is 10.0. The van der Waals surface area contributed by atoms with Gasteiger partial charge in [-0.25, -0.2) is 4.79 Å². The second-order valence-corrected chi connectivity index (χ2v) is 7.56. The summed E-state index contributed by atoms with van der Waals surface area (Å²) in [6.45, 7) is 3.06. The summed E-state index contributed by atoms with van der Waals surface area (Å²) in [7, 11) is 0. The normalized spacial score (nSPS) is 11.1. The van der Waals surface area contributed by atoms with Gasteiger partial charge in [0.25, 0.3) is 0 Å². The van der Waals surface area contributed by atoms with Crippen LogP contribution in [-0.2, 0) is 11.0 Å². The van der Waals surface area contributed by atoms with Gasteiger partial charge < -0.3 is 10.4 Å². The smallest absolute Gasteiger partial charge is 0.416 e. The number of hydrogen-bond acceptors (Lipinski definition) is 4. The molecule has 34 heavy (non-hydrogen) atoms. The predicted octanol–water partition coefficient (Wildman–Crippen LogP) is 5.69. The summed E-state index contributed by atoms with van der Waals surface area (Å²) in [6, 6.07) is 9.98. The highest BCUT2D eigenvalue weighted by Crippen LogP contribution is 2.37. The number of amides is 2. The van der Waals surface area contributed by atoms with Crippen LogP contribution < -0.4 is 10.6 Å². The third-order valence-electron chi connectivity index (χ3n) is 5.04. The number of hydrogen-bond donors (Lipinski definition) is 3. The molecular weight excluding hydrogens is 451 g/mol. The van der Waals surface area contributed by atoms with E-state index in [2.05, 4.69) is 10.3 Å². The van der Waals surface area contributed by atoms with Gasteiger partial charge in [0.2, 0.25) is 5.91 Å². The minimum absolute atomic E-state index is 0.229. The Morgan fingerprint density at radius 2 is 1.68 bits per heavy atom. The van der Waals surface area contributed by atoms with E-state index in [-0.39, 0.29) is 16.8 Å². The van der Waals surface area contributed by atoms with Crippen LogP contribution in [0.1, 0.15) is 33.5 Å². The molecule has 0 aliphatic carbocycles. The van der Waals surface area contributed by atoms with Gasteiger partial charge in [-0.3, -0.25) is 19.9 Å². The lowest BCUT2D eigenvalue weighted by molar-refractivity contribution is -0.138. The predicted molar refractivity (Wildman–Crippen MR) is 120 cm³/mol. The Hall–Kier alpha value is -4.21. The van der Waals surface area contributed by atoms with Crippen LogP contribution in [0.3, 0.4) is 0 Å². The third-order valence-corrected chi connectivity index (χ3v) is 5.04. The fourth-order valence-electron chi connectivity index (χ4n) is 3.40. The Labute approximate surface area is 192 Å². The first-order chi connectivity index (χ1) is 16.0. The fraction of sp³-hybridized carbons (Fsp3) is 0.167. The fourth-order valence-corrected chi connectivity index (χ4v) is 3.40. The van der Waals surface area contributed by atoms with Crippen molar-refractivity contribution in [2.45, 2.75) is 26.4 Å². The molecule has 7 nitrogen and oxygen atoms in total. The molecule has 0 radical (unpaired) electrons. The number of aryl methyl sites for hydroxylation is 2. The molecule has 2 aromatic carbocycles. The lowest BCUT2D eigenvalue weighted by Crippen LogP contribution is -2.20. The van der Waals surface area contributed by atoms with Crippen LogP contribution >= 0.6 is 0 Å². The van der Waals surface area contributed by atoms with E-state index < -0.39 is 41.6 Å². The number of nitrogens with one attached hydrogen (secondary N) is 2. The molecule has 0 saturated heterocycles. The molecule has 1 aromatic heterocycles. The average Bonchev–Trinajstić information content (AvgIpc) is 2.74. The number of pyridine rings is 1. The third kappa shape index (κ3) is 5.77. The topological polar surface area (TPSA) is 108 Å². The quantitative estimate of drug-likeness (QED) is 0.316. The van der Waals surface area contributed by atoms with Crippen molar-refractivity contribution < 1.29 is 32.7 Å². The van der Waals surface area contributed by atoms with Crippen molar-refractivity contribution in [1.82, 2.24) is 4.98 Å². The number of alkyl halides is 3. The Morgan fingerprint density at radius 1 is 0.971 bits per heavy atom. The van der Waals surface area contributed by atoms with Crippen molar-refractivity contribution in [3.63, 3.8) is 0 Å². The number of carbonyl (C=O) groups is 3. The summed E-state index contributed by atoms with van der Waals surface area (Å²) >= 11 is 0. The number of Topliss-reactive ketones (excluding diaryl/α,β-unsaturated/α-hetero) is 1. The van der Waals surface area contributed by atoms with Crippen LogP contribution in [0.15, 0.2) is 54.9 Å². The average molecular weight is 471 g/mol. The minimum atomic E-state index is -4.72. The molecule has 0 spiro atoms. The Bertz CT molecular complexity index is 1270. The number of halogens is 3. The highest BCUT2D eigenvalue weighted by molar-refractivity contribution is 6.12. The molecule has 1 heterocycles. The molecule has 3 rings (SSSR count). The van der Waals surface area contributed by atoms with E-state index in [4.69, 9.17) is 5.11 Å². The minimum Gasteiger partial charge on any atom is -0.465 e. The van der Waals surface area contributed by atoms with Gasteiger partial charge in [-0.2, -0.15) is 13.2 Å². The molecule has 10 heteroatoms. The van der Waals surface area contributed by atoms with E-state index in [9.17, 15) is 27.6 Å². The van der Waals surface area contributed by atoms with Crippen molar-refractivity contribution in [1.29, 1.82) is 0 Å². The van der Waals surface area contributed by atoms with Crippen LogP contribution in [0.25, 0.3) is 11.1 Å². The van der Waals surface area contributed by atoms with Crippen LogP contribution in [-0.4, -0.2) is 27.9 Å². The molecule has 0 aliphatic rings. The number of rotatable bonds is 6. The zero-order valence-electron chi connectivity index (χ0n) is 18.2. The molecule has 0 aliphatic heterocycles. The van der Waals surface area contributed by atoms with E-state index >= 15 is 0 Å². The van der Waals surface area contributed by atoms with Gasteiger partial charge in [-0.1, -0.05) is 18.2 Å². The lowest BCUT2D eigenvalue weighted by atomic mass is 9.98. The maximum atomic E-state index is 13.3. The zero-order valence-corrected chi connectivity index (χ0v) is 18.2. The van der Waals surface area contributed by atoms with Crippen LogP contribution in [0.2, 0.25) is 0 Å². The molecule has 0 bridgehead atoms. The van der Waals surface area contributed by atoms with Gasteiger partial charge >= 0.3 is 12.3 Å². The number of carboxylic acid groups (broad SMARTS) is 1. The van der Waals surface area contributed by atoms with Crippen molar-refractivity contribution in [2.75, 3.05) is 10.6 Å². The second-order valence-electron chi connectivity index (χ2n) is 7.56. The molecule has 2 amide bonds. The Balaban J connectivity index is 1.83. The summed E-state index contributed by atoms with van der Waals surface area (Å²) in [5.74, 6) is -1.45. The summed E-state index contributed by atoms with van der Waals surface area (Å²) in [4.78, 5) is 40.3. The van der Waals surface area contributed by atoms with E-state index in [0.29, 0.717) is 6.07 Å². The van der Waals surface area contributed by atoms with E-state index in [0.717, 1.165) is 22.8 Å². The monoisotopic (exact) mass is 471 g/mol. The maximum absolute atomic E-state index is 13.3. The number of ketones is 1. The van der Waals surface area contributed by atoms with Gasteiger partial charge in [0.05, 0.1) is 23.4 Å². The van der Waals surface area contributed by atoms with E-state index in [1.165, 1.54) is 13.0 Å². The zero-order chi connectivity index (χ0) is 25.0. The Morgan fingerprint density at radius 3 is 2.32 bits per heavy atom. The van der Waals surface area contributed by atoms with Crippen LogP contribution in [0.5, 0.6) is 0 Å². The molecule has 0 unspecified atom stereocenters. The summed E-state index contributed by atoms with van der Waals surface area (Å²) in [6.07, 6.45) is -3.60. The van der Waals surface area contributed by atoms with Crippen LogP contribution in [0.4, 0.5) is 29.3 Å². The Kier molecular flexibility index (Phi) is 7.00.